The first-order chi connectivity index (χ1) is 7.25. The van der Waals surface area contributed by atoms with Crippen molar-refractivity contribution in [3.63, 3.8) is 0 Å². The molecule has 80 valence electrons. The maximum atomic E-state index is 10.9. The zero-order valence-corrected chi connectivity index (χ0v) is 8.43. The van der Waals surface area contributed by atoms with Crippen LogP contribution in [0.3, 0.4) is 0 Å². The third-order valence-corrected chi connectivity index (χ3v) is 2.63. The molecule has 0 aliphatic carbocycles. The zero-order chi connectivity index (χ0) is 10.7. The summed E-state index contributed by atoms with van der Waals surface area (Å²) >= 11 is 0. The molecule has 0 bridgehead atoms. The predicted molar refractivity (Wildman–Crippen MR) is 55.3 cm³/mol. The van der Waals surface area contributed by atoms with Gasteiger partial charge < -0.3 is 9.84 Å². The highest BCUT2D eigenvalue weighted by Gasteiger charge is 2.29. The predicted octanol–water partition coefficient (Wildman–Crippen LogP) is 1.30. The fraction of sp³-hybridized carbons (Fsp3) is 0.417. The smallest absolute Gasteiger partial charge is 0.306 e. The highest BCUT2D eigenvalue weighted by atomic mass is 16.6. The van der Waals surface area contributed by atoms with Crippen LogP contribution < -0.4 is 0 Å². The Balaban J connectivity index is 1.92. The van der Waals surface area contributed by atoms with Crippen LogP contribution in [0.15, 0.2) is 30.3 Å². The number of benzene rings is 1. The molecule has 0 amide bonds. The molecule has 3 heteroatoms. The first kappa shape index (κ1) is 10.2. The Kier molecular flexibility index (Phi) is 3.02. The van der Waals surface area contributed by atoms with E-state index in [1.807, 2.05) is 30.3 Å². The summed E-state index contributed by atoms with van der Waals surface area (Å²) in [6, 6.07) is 9.72. The van der Waals surface area contributed by atoms with Crippen LogP contribution in [0.25, 0.3) is 0 Å². The van der Waals surface area contributed by atoms with Crippen LogP contribution >= 0.6 is 0 Å². The number of cyclic esters (lactones) is 1. The Morgan fingerprint density at radius 2 is 2.13 bits per heavy atom. The van der Waals surface area contributed by atoms with Crippen LogP contribution in [0, 0.1) is 0 Å². The minimum absolute atomic E-state index is 0.202. The van der Waals surface area contributed by atoms with Gasteiger partial charge in [0, 0.05) is 12.8 Å². The van der Waals surface area contributed by atoms with Crippen LogP contribution in [0.4, 0.5) is 0 Å². The molecule has 3 nitrogen and oxygen atoms in total. The van der Waals surface area contributed by atoms with Gasteiger partial charge in [0.15, 0.2) is 0 Å². The van der Waals surface area contributed by atoms with E-state index in [0.717, 1.165) is 5.56 Å². The zero-order valence-electron chi connectivity index (χ0n) is 8.43. The number of rotatable bonds is 3. The molecule has 1 fully saturated rings. The van der Waals surface area contributed by atoms with Crippen LogP contribution in [0.1, 0.15) is 18.4 Å². The molecular weight excluding hydrogens is 192 g/mol. The maximum Gasteiger partial charge on any atom is 0.306 e. The molecule has 1 aliphatic rings. The fourth-order valence-electron chi connectivity index (χ4n) is 1.80. The quantitative estimate of drug-likeness (QED) is 0.758. The molecule has 1 N–H and O–H groups in total. The monoisotopic (exact) mass is 206 g/mol. The molecule has 0 unspecified atom stereocenters. The van der Waals surface area contributed by atoms with Crippen molar-refractivity contribution in [3.8, 4) is 0 Å². The summed E-state index contributed by atoms with van der Waals surface area (Å²) in [5.74, 6) is -0.202. The molecule has 1 aromatic rings. The number of hydrogen-bond donors (Lipinski definition) is 1. The maximum absolute atomic E-state index is 10.9. The summed E-state index contributed by atoms with van der Waals surface area (Å²) in [7, 11) is 0. The molecule has 2 atom stereocenters. The summed E-state index contributed by atoms with van der Waals surface area (Å²) in [5, 5.41) is 9.84. The molecule has 0 saturated carbocycles. The first-order valence-electron chi connectivity index (χ1n) is 5.17. The van der Waals surface area contributed by atoms with Crippen molar-refractivity contribution in [2.75, 3.05) is 0 Å². The van der Waals surface area contributed by atoms with Gasteiger partial charge in [0.1, 0.15) is 6.10 Å². The van der Waals surface area contributed by atoms with Gasteiger partial charge in [-0.3, -0.25) is 4.79 Å². The third-order valence-electron chi connectivity index (χ3n) is 2.63. The third kappa shape index (κ3) is 2.57. The molecule has 0 aromatic heterocycles. The molecule has 1 heterocycles. The van der Waals surface area contributed by atoms with Gasteiger partial charge in [-0.25, -0.2) is 0 Å². The van der Waals surface area contributed by atoms with Crippen molar-refractivity contribution in [2.45, 2.75) is 31.5 Å². The topological polar surface area (TPSA) is 46.5 Å². The van der Waals surface area contributed by atoms with Crippen molar-refractivity contribution in [1.82, 2.24) is 0 Å². The van der Waals surface area contributed by atoms with E-state index < -0.39 is 6.10 Å². The average molecular weight is 206 g/mol. The van der Waals surface area contributed by atoms with Gasteiger partial charge in [-0.1, -0.05) is 30.3 Å². The summed E-state index contributed by atoms with van der Waals surface area (Å²) in [4.78, 5) is 10.9. The standard InChI is InChI=1S/C12H14O3/c13-10(11-6-7-12(14)15-11)8-9-4-2-1-3-5-9/h1-5,10-11,13H,6-8H2/t10-,11+/m0/s1. The molecule has 1 saturated heterocycles. The van der Waals surface area contributed by atoms with E-state index in [1.165, 1.54) is 0 Å². The number of esters is 1. The minimum Gasteiger partial charge on any atom is -0.460 e. The number of hydrogen-bond acceptors (Lipinski definition) is 3. The number of aliphatic hydroxyl groups is 1. The molecule has 1 aliphatic heterocycles. The van der Waals surface area contributed by atoms with E-state index in [0.29, 0.717) is 19.3 Å². The van der Waals surface area contributed by atoms with E-state index in [9.17, 15) is 9.90 Å². The van der Waals surface area contributed by atoms with Gasteiger partial charge in [0.25, 0.3) is 0 Å². The molecule has 0 spiro atoms. The van der Waals surface area contributed by atoms with E-state index in [4.69, 9.17) is 4.74 Å². The highest BCUT2D eigenvalue weighted by Crippen LogP contribution is 2.19. The Bertz CT molecular complexity index is 334. The lowest BCUT2D eigenvalue weighted by molar-refractivity contribution is -0.145. The number of ether oxygens (including phenoxy) is 1. The normalized spacial score (nSPS) is 22.5. The second-order valence-electron chi connectivity index (χ2n) is 3.82. The van der Waals surface area contributed by atoms with E-state index in [1.54, 1.807) is 0 Å². The second-order valence-corrected chi connectivity index (χ2v) is 3.82. The fourth-order valence-corrected chi connectivity index (χ4v) is 1.80. The van der Waals surface area contributed by atoms with Crippen molar-refractivity contribution in [3.05, 3.63) is 35.9 Å². The van der Waals surface area contributed by atoms with E-state index >= 15 is 0 Å². The van der Waals surface area contributed by atoms with Crippen molar-refractivity contribution < 1.29 is 14.6 Å². The van der Waals surface area contributed by atoms with Gasteiger partial charge >= 0.3 is 5.97 Å². The van der Waals surface area contributed by atoms with Gasteiger partial charge in [0.05, 0.1) is 6.10 Å². The largest absolute Gasteiger partial charge is 0.460 e. The van der Waals surface area contributed by atoms with E-state index in [2.05, 4.69) is 0 Å². The van der Waals surface area contributed by atoms with Crippen LogP contribution in [-0.4, -0.2) is 23.3 Å². The SMILES string of the molecule is O=C1CC[C@H]([C@@H](O)Cc2ccccc2)O1. The van der Waals surface area contributed by atoms with Gasteiger partial charge in [0.2, 0.25) is 0 Å². The lowest BCUT2D eigenvalue weighted by atomic mass is 10.0. The Labute approximate surface area is 88.7 Å². The summed E-state index contributed by atoms with van der Waals surface area (Å²) in [5.41, 5.74) is 1.06. The molecule has 2 rings (SSSR count). The van der Waals surface area contributed by atoms with E-state index in [-0.39, 0.29) is 12.1 Å². The summed E-state index contributed by atoms with van der Waals surface area (Å²) in [6.07, 6.45) is 0.693. The first-order valence-corrected chi connectivity index (χ1v) is 5.17. The van der Waals surface area contributed by atoms with Crippen molar-refractivity contribution in [2.24, 2.45) is 0 Å². The van der Waals surface area contributed by atoms with Crippen LogP contribution in [-0.2, 0) is 16.0 Å². The Morgan fingerprint density at radius 3 is 2.73 bits per heavy atom. The number of carbonyl (C=O) groups excluding carboxylic acids is 1. The van der Waals surface area contributed by atoms with Gasteiger partial charge in [-0.15, -0.1) is 0 Å². The molecule has 15 heavy (non-hydrogen) atoms. The molecule has 1 aromatic carbocycles. The number of aliphatic hydroxyl groups excluding tert-OH is 1. The average Bonchev–Trinajstić information content (AvgIpc) is 2.66. The summed E-state index contributed by atoms with van der Waals surface area (Å²) in [6.45, 7) is 0. The van der Waals surface area contributed by atoms with Gasteiger partial charge in [-0.05, 0) is 12.0 Å². The Morgan fingerprint density at radius 1 is 1.40 bits per heavy atom. The van der Waals surface area contributed by atoms with Crippen LogP contribution in [0.2, 0.25) is 0 Å². The highest BCUT2D eigenvalue weighted by molar-refractivity contribution is 5.71. The molecular formula is C12H14O3. The lowest BCUT2D eigenvalue weighted by Crippen LogP contribution is -2.27. The second kappa shape index (κ2) is 4.45. The van der Waals surface area contributed by atoms with Gasteiger partial charge in [-0.2, -0.15) is 0 Å². The van der Waals surface area contributed by atoms with Crippen molar-refractivity contribution in [1.29, 1.82) is 0 Å². The molecule has 0 radical (unpaired) electrons. The van der Waals surface area contributed by atoms with Crippen LogP contribution in [0.5, 0.6) is 0 Å². The van der Waals surface area contributed by atoms with Crippen molar-refractivity contribution >= 4 is 5.97 Å². The Hall–Kier alpha value is -1.35. The number of carbonyl (C=O) groups is 1. The minimum atomic E-state index is -0.584. The lowest BCUT2D eigenvalue weighted by Gasteiger charge is -2.16. The summed E-state index contributed by atoms with van der Waals surface area (Å²) < 4.78 is 5.01.